The van der Waals surface area contributed by atoms with Gasteiger partial charge in [0, 0.05) is 18.2 Å². The molecule has 3 aromatic carbocycles. The zero-order valence-corrected chi connectivity index (χ0v) is 20.6. The zero-order chi connectivity index (χ0) is 25.4. The molecule has 0 radical (unpaired) electrons. The number of anilines is 1. The molecule has 1 saturated heterocycles. The smallest absolute Gasteiger partial charge is 0.308 e. The number of halogens is 2. The van der Waals surface area contributed by atoms with E-state index >= 15 is 0 Å². The van der Waals surface area contributed by atoms with Gasteiger partial charge in [-0.2, -0.15) is 0 Å². The standard InChI is InChI=1S/C27H21Cl2NO5/c1-14-9-15(2)11-19(10-14)30-24(17-5-4-6-20(12-17)35-16(3)31)23(26(33)27(30)34)25(32)18-7-8-21(28)22(29)13-18/h4-13,24,32H,1-3H3/b25-23-. The van der Waals surface area contributed by atoms with Crippen molar-refractivity contribution in [1.29, 1.82) is 0 Å². The van der Waals surface area contributed by atoms with Crippen LogP contribution in [-0.4, -0.2) is 22.8 Å². The molecule has 1 heterocycles. The summed E-state index contributed by atoms with van der Waals surface area (Å²) in [4.78, 5) is 39.5. The van der Waals surface area contributed by atoms with Crippen LogP contribution in [0.2, 0.25) is 10.0 Å². The molecular weight excluding hydrogens is 489 g/mol. The second-order valence-electron chi connectivity index (χ2n) is 8.31. The number of aryl methyl sites for hydroxylation is 2. The Morgan fingerprint density at radius 3 is 2.26 bits per heavy atom. The summed E-state index contributed by atoms with van der Waals surface area (Å²) < 4.78 is 5.22. The Morgan fingerprint density at radius 1 is 0.943 bits per heavy atom. The number of carbonyl (C=O) groups excluding carboxylic acids is 3. The van der Waals surface area contributed by atoms with E-state index in [1.54, 1.807) is 36.4 Å². The number of ketones is 1. The minimum atomic E-state index is -0.985. The van der Waals surface area contributed by atoms with Crippen molar-refractivity contribution in [2.75, 3.05) is 4.90 Å². The van der Waals surface area contributed by atoms with E-state index in [2.05, 4.69) is 0 Å². The van der Waals surface area contributed by atoms with Crippen molar-refractivity contribution >= 4 is 52.3 Å². The number of amides is 1. The number of aliphatic hydroxyl groups excluding tert-OH is 1. The Bertz CT molecular complexity index is 1390. The van der Waals surface area contributed by atoms with E-state index in [9.17, 15) is 19.5 Å². The lowest BCUT2D eigenvalue weighted by Crippen LogP contribution is -2.29. The molecule has 0 spiro atoms. The third-order valence-corrected chi connectivity index (χ3v) is 6.30. The topological polar surface area (TPSA) is 83.9 Å². The van der Waals surface area contributed by atoms with E-state index in [1.165, 1.54) is 30.0 Å². The molecule has 0 saturated carbocycles. The average Bonchev–Trinajstić information content (AvgIpc) is 3.05. The van der Waals surface area contributed by atoms with Gasteiger partial charge in [0.1, 0.15) is 11.5 Å². The summed E-state index contributed by atoms with van der Waals surface area (Å²) in [5.41, 5.74) is 2.90. The summed E-state index contributed by atoms with van der Waals surface area (Å²) in [6.45, 7) is 5.05. The van der Waals surface area contributed by atoms with Crippen LogP contribution in [0.1, 0.15) is 35.2 Å². The highest BCUT2D eigenvalue weighted by Crippen LogP contribution is 2.43. The van der Waals surface area contributed by atoms with Crippen molar-refractivity contribution in [3.8, 4) is 5.75 Å². The fraction of sp³-hybridized carbons (Fsp3) is 0.148. The van der Waals surface area contributed by atoms with Gasteiger partial charge in [-0.05, 0) is 73.0 Å². The fourth-order valence-corrected chi connectivity index (χ4v) is 4.52. The van der Waals surface area contributed by atoms with Crippen molar-refractivity contribution in [1.82, 2.24) is 0 Å². The Morgan fingerprint density at radius 2 is 1.63 bits per heavy atom. The molecule has 1 aliphatic heterocycles. The van der Waals surface area contributed by atoms with Gasteiger partial charge in [-0.25, -0.2) is 0 Å². The lowest BCUT2D eigenvalue weighted by molar-refractivity contribution is -0.132. The number of carbonyl (C=O) groups is 3. The second-order valence-corrected chi connectivity index (χ2v) is 9.12. The Balaban J connectivity index is 1.97. The van der Waals surface area contributed by atoms with Crippen molar-refractivity contribution in [2.24, 2.45) is 0 Å². The summed E-state index contributed by atoms with van der Waals surface area (Å²) >= 11 is 12.1. The first-order chi connectivity index (χ1) is 16.6. The van der Waals surface area contributed by atoms with Gasteiger partial charge in [-0.15, -0.1) is 0 Å². The normalized spacial score (nSPS) is 17.1. The van der Waals surface area contributed by atoms with Crippen LogP contribution < -0.4 is 9.64 Å². The van der Waals surface area contributed by atoms with Gasteiger partial charge in [0.05, 0.1) is 21.7 Å². The molecule has 1 unspecified atom stereocenters. The molecule has 4 rings (SSSR count). The van der Waals surface area contributed by atoms with E-state index in [0.717, 1.165) is 11.1 Å². The first kappa shape index (κ1) is 24.5. The third-order valence-electron chi connectivity index (χ3n) is 5.56. The maximum Gasteiger partial charge on any atom is 0.308 e. The molecule has 1 atom stereocenters. The third kappa shape index (κ3) is 4.81. The van der Waals surface area contributed by atoms with Crippen LogP contribution in [0.15, 0.2) is 66.2 Å². The largest absolute Gasteiger partial charge is 0.507 e. The number of Topliss-reactive ketones (excluding diaryl/α,β-unsaturated/α-hetero) is 1. The molecule has 1 N–H and O–H groups in total. The highest BCUT2D eigenvalue weighted by atomic mass is 35.5. The predicted octanol–water partition coefficient (Wildman–Crippen LogP) is 6.16. The van der Waals surface area contributed by atoms with Crippen molar-refractivity contribution in [3.63, 3.8) is 0 Å². The van der Waals surface area contributed by atoms with Crippen molar-refractivity contribution in [3.05, 3.63) is 98.5 Å². The van der Waals surface area contributed by atoms with E-state index in [0.29, 0.717) is 11.3 Å². The number of rotatable bonds is 4. The number of hydrogen-bond donors (Lipinski definition) is 1. The first-order valence-electron chi connectivity index (χ1n) is 10.7. The van der Waals surface area contributed by atoms with Gasteiger partial charge >= 0.3 is 5.97 Å². The lowest BCUT2D eigenvalue weighted by atomic mass is 9.94. The first-order valence-corrected chi connectivity index (χ1v) is 11.5. The predicted molar refractivity (Wildman–Crippen MR) is 135 cm³/mol. The van der Waals surface area contributed by atoms with Crippen LogP contribution in [0.5, 0.6) is 5.75 Å². The van der Waals surface area contributed by atoms with E-state index in [-0.39, 0.29) is 26.9 Å². The molecule has 35 heavy (non-hydrogen) atoms. The summed E-state index contributed by atoms with van der Waals surface area (Å²) in [5.74, 6) is -2.30. The highest BCUT2D eigenvalue weighted by molar-refractivity contribution is 6.51. The Kier molecular flexibility index (Phi) is 6.70. The number of aliphatic hydroxyl groups is 1. The van der Waals surface area contributed by atoms with Crippen LogP contribution in [0.3, 0.4) is 0 Å². The van der Waals surface area contributed by atoms with E-state index in [1.807, 2.05) is 19.9 Å². The van der Waals surface area contributed by atoms with Gasteiger partial charge < -0.3 is 9.84 Å². The molecule has 1 amide bonds. The van der Waals surface area contributed by atoms with Crippen LogP contribution in [-0.2, 0) is 14.4 Å². The van der Waals surface area contributed by atoms with E-state index in [4.69, 9.17) is 27.9 Å². The van der Waals surface area contributed by atoms with Crippen molar-refractivity contribution < 1.29 is 24.2 Å². The number of ether oxygens (including phenoxy) is 1. The number of nitrogens with zero attached hydrogens (tertiary/aromatic N) is 1. The molecule has 0 aromatic heterocycles. The maximum atomic E-state index is 13.3. The van der Waals surface area contributed by atoms with E-state index < -0.39 is 29.5 Å². The monoisotopic (exact) mass is 509 g/mol. The minimum absolute atomic E-state index is 0.118. The zero-order valence-electron chi connectivity index (χ0n) is 19.1. The summed E-state index contributed by atoms with van der Waals surface area (Å²) in [7, 11) is 0. The summed E-state index contributed by atoms with van der Waals surface area (Å²) in [6.07, 6.45) is 0. The minimum Gasteiger partial charge on any atom is -0.507 e. The number of hydrogen-bond acceptors (Lipinski definition) is 5. The van der Waals surface area contributed by atoms with Crippen LogP contribution >= 0.6 is 23.2 Å². The van der Waals surface area contributed by atoms with Gasteiger partial charge in [0.15, 0.2) is 0 Å². The molecular formula is C27H21Cl2NO5. The quantitative estimate of drug-likeness (QED) is 0.149. The average molecular weight is 510 g/mol. The molecule has 0 bridgehead atoms. The maximum absolute atomic E-state index is 13.3. The Labute approximate surface area is 212 Å². The Hall–Kier alpha value is -3.61. The lowest BCUT2D eigenvalue weighted by Gasteiger charge is -2.26. The SMILES string of the molecule is CC(=O)Oc1cccc(C2/C(=C(/O)c3ccc(Cl)c(Cl)c3)C(=O)C(=O)N2c2cc(C)cc(C)c2)c1. The van der Waals surface area contributed by atoms with Crippen LogP contribution in [0.25, 0.3) is 5.76 Å². The molecule has 1 aliphatic rings. The molecule has 8 heteroatoms. The second kappa shape index (κ2) is 9.56. The van der Waals surface area contributed by atoms with Gasteiger partial charge in [-0.3, -0.25) is 19.3 Å². The van der Waals surface area contributed by atoms with Gasteiger partial charge in [-0.1, -0.05) is 41.4 Å². The number of esters is 1. The molecule has 3 aromatic rings. The van der Waals surface area contributed by atoms with Crippen LogP contribution in [0.4, 0.5) is 5.69 Å². The summed E-state index contributed by atoms with van der Waals surface area (Å²) in [5, 5.41) is 11.7. The number of benzene rings is 3. The van der Waals surface area contributed by atoms with Crippen LogP contribution in [0, 0.1) is 13.8 Å². The molecule has 178 valence electrons. The van der Waals surface area contributed by atoms with Crippen molar-refractivity contribution in [2.45, 2.75) is 26.8 Å². The summed E-state index contributed by atoms with van der Waals surface area (Å²) in [6, 6.07) is 15.5. The molecule has 1 fully saturated rings. The van der Waals surface area contributed by atoms with Gasteiger partial charge in [0.25, 0.3) is 11.7 Å². The van der Waals surface area contributed by atoms with Gasteiger partial charge in [0.2, 0.25) is 0 Å². The highest BCUT2D eigenvalue weighted by Gasteiger charge is 2.47. The molecule has 0 aliphatic carbocycles. The fourth-order valence-electron chi connectivity index (χ4n) is 4.22. The molecule has 6 nitrogen and oxygen atoms in total.